The molecule has 0 fully saturated rings. The van der Waals surface area contributed by atoms with Crippen LogP contribution in [0.2, 0.25) is 0 Å². The maximum Gasteiger partial charge on any atom is 0.357 e. The molecule has 1 aromatic carbocycles. The SMILES string of the molecule is CCOC(=O)c1csc(N2N=C(c3ccco3)CC2c2ccc(C)cc2)n1. The number of esters is 1. The fraction of sp³-hybridized carbons (Fsp3) is 0.250. The zero-order valence-electron chi connectivity index (χ0n) is 15.1. The van der Waals surface area contributed by atoms with Crippen LogP contribution in [0.1, 0.15) is 46.8 Å². The molecule has 7 heteroatoms. The van der Waals surface area contributed by atoms with Gasteiger partial charge in [0.25, 0.3) is 0 Å². The number of hydrogen-bond acceptors (Lipinski definition) is 7. The van der Waals surface area contributed by atoms with Gasteiger partial charge in [0.1, 0.15) is 11.5 Å². The molecule has 0 bridgehead atoms. The summed E-state index contributed by atoms with van der Waals surface area (Å²) in [5.74, 6) is 0.332. The number of aromatic nitrogens is 1. The Morgan fingerprint density at radius 1 is 1.33 bits per heavy atom. The number of aryl methyl sites for hydroxylation is 1. The third-order valence-corrected chi connectivity index (χ3v) is 5.18. The summed E-state index contributed by atoms with van der Waals surface area (Å²) >= 11 is 1.38. The number of furan rings is 1. The van der Waals surface area contributed by atoms with E-state index in [-0.39, 0.29) is 6.04 Å². The van der Waals surface area contributed by atoms with Gasteiger partial charge in [-0.2, -0.15) is 5.10 Å². The molecule has 1 aliphatic rings. The van der Waals surface area contributed by atoms with E-state index in [1.165, 1.54) is 16.9 Å². The van der Waals surface area contributed by atoms with Crippen LogP contribution in [0, 0.1) is 6.92 Å². The molecule has 0 saturated carbocycles. The second-order valence-electron chi connectivity index (χ2n) is 6.23. The molecule has 1 aliphatic heterocycles. The Labute approximate surface area is 161 Å². The zero-order chi connectivity index (χ0) is 18.8. The Hall–Kier alpha value is -2.93. The van der Waals surface area contributed by atoms with Gasteiger partial charge in [0, 0.05) is 11.8 Å². The maximum absolute atomic E-state index is 12.0. The lowest BCUT2D eigenvalue weighted by atomic mass is 10.0. The molecular weight excluding hydrogens is 362 g/mol. The van der Waals surface area contributed by atoms with Gasteiger partial charge >= 0.3 is 5.97 Å². The molecule has 4 rings (SSSR count). The van der Waals surface area contributed by atoms with Crippen molar-refractivity contribution in [1.82, 2.24) is 4.98 Å². The zero-order valence-corrected chi connectivity index (χ0v) is 15.9. The second kappa shape index (κ2) is 7.36. The molecule has 0 N–H and O–H groups in total. The van der Waals surface area contributed by atoms with Crippen molar-refractivity contribution in [3.8, 4) is 0 Å². The van der Waals surface area contributed by atoms with Gasteiger partial charge in [-0.1, -0.05) is 29.8 Å². The van der Waals surface area contributed by atoms with E-state index >= 15 is 0 Å². The number of hydrogen-bond donors (Lipinski definition) is 0. The van der Waals surface area contributed by atoms with E-state index in [1.807, 2.05) is 17.1 Å². The summed E-state index contributed by atoms with van der Waals surface area (Å²) in [6.07, 6.45) is 2.34. The Morgan fingerprint density at radius 3 is 2.85 bits per heavy atom. The minimum Gasteiger partial charge on any atom is -0.463 e. The number of carbonyl (C=O) groups excluding carboxylic acids is 1. The van der Waals surface area contributed by atoms with Crippen LogP contribution >= 0.6 is 11.3 Å². The minimum atomic E-state index is -0.415. The second-order valence-corrected chi connectivity index (χ2v) is 7.07. The van der Waals surface area contributed by atoms with Crippen LogP contribution in [0.15, 0.2) is 57.6 Å². The average molecular weight is 381 g/mol. The number of rotatable bonds is 5. The molecule has 1 unspecified atom stereocenters. The van der Waals surface area contributed by atoms with E-state index in [0.29, 0.717) is 23.9 Å². The van der Waals surface area contributed by atoms with Crippen molar-refractivity contribution in [1.29, 1.82) is 0 Å². The molecule has 6 nitrogen and oxygen atoms in total. The van der Waals surface area contributed by atoms with E-state index < -0.39 is 5.97 Å². The van der Waals surface area contributed by atoms with Crippen LogP contribution in [-0.2, 0) is 4.74 Å². The molecule has 0 amide bonds. The smallest absolute Gasteiger partial charge is 0.357 e. The number of carbonyl (C=O) groups is 1. The fourth-order valence-corrected chi connectivity index (χ4v) is 3.79. The quantitative estimate of drug-likeness (QED) is 0.605. The first kappa shape index (κ1) is 17.5. The molecular formula is C20H19N3O3S. The maximum atomic E-state index is 12.0. The van der Waals surface area contributed by atoms with E-state index in [2.05, 4.69) is 36.2 Å². The third kappa shape index (κ3) is 3.50. The van der Waals surface area contributed by atoms with Crippen LogP contribution in [0.4, 0.5) is 5.13 Å². The lowest BCUT2D eigenvalue weighted by molar-refractivity contribution is 0.0520. The number of anilines is 1. The summed E-state index contributed by atoms with van der Waals surface area (Å²) in [6.45, 7) is 4.16. The number of ether oxygens (including phenoxy) is 1. The van der Waals surface area contributed by atoms with E-state index in [9.17, 15) is 4.79 Å². The highest BCUT2D eigenvalue weighted by atomic mass is 32.1. The summed E-state index contributed by atoms with van der Waals surface area (Å²) in [4.78, 5) is 16.4. The molecule has 3 heterocycles. The molecule has 1 atom stereocenters. The summed E-state index contributed by atoms with van der Waals surface area (Å²) in [5.41, 5.74) is 3.51. The summed E-state index contributed by atoms with van der Waals surface area (Å²) in [6, 6.07) is 12.1. The normalized spacial score (nSPS) is 16.4. The molecule has 27 heavy (non-hydrogen) atoms. The van der Waals surface area contributed by atoms with Gasteiger partial charge < -0.3 is 9.15 Å². The van der Waals surface area contributed by atoms with Gasteiger partial charge in [0.2, 0.25) is 5.13 Å². The first-order valence-corrected chi connectivity index (χ1v) is 9.63. The number of nitrogens with zero attached hydrogens (tertiary/aromatic N) is 3. The average Bonchev–Trinajstić information content (AvgIpc) is 3.41. The lowest BCUT2D eigenvalue weighted by Crippen LogP contribution is -2.18. The van der Waals surface area contributed by atoms with Crippen molar-refractivity contribution in [2.75, 3.05) is 11.6 Å². The Kier molecular flexibility index (Phi) is 4.77. The topological polar surface area (TPSA) is 67.9 Å². The Morgan fingerprint density at radius 2 is 2.15 bits per heavy atom. The summed E-state index contributed by atoms with van der Waals surface area (Å²) in [5, 5.41) is 8.99. The van der Waals surface area contributed by atoms with Gasteiger partial charge in [0.05, 0.1) is 18.9 Å². The number of thiazole rings is 1. The van der Waals surface area contributed by atoms with Crippen LogP contribution in [-0.4, -0.2) is 23.3 Å². The van der Waals surface area contributed by atoms with Crippen molar-refractivity contribution >= 4 is 28.1 Å². The number of benzene rings is 1. The van der Waals surface area contributed by atoms with Gasteiger partial charge in [-0.15, -0.1) is 11.3 Å². The molecule has 3 aromatic rings. The Balaban J connectivity index is 1.69. The predicted octanol–water partition coefficient (Wildman–Crippen LogP) is 4.58. The molecule has 0 spiro atoms. The highest BCUT2D eigenvalue weighted by molar-refractivity contribution is 7.13. The first-order chi connectivity index (χ1) is 13.2. The predicted molar refractivity (Wildman–Crippen MR) is 104 cm³/mol. The van der Waals surface area contributed by atoms with Gasteiger partial charge in [-0.05, 0) is 31.5 Å². The van der Waals surface area contributed by atoms with Crippen molar-refractivity contribution in [2.24, 2.45) is 5.10 Å². The molecule has 0 saturated heterocycles. The fourth-order valence-electron chi connectivity index (χ4n) is 2.99. The lowest BCUT2D eigenvalue weighted by Gasteiger charge is -2.21. The van der Waals surface area contributed by atoms with Crippen LogP contribution in [0.5, 0.6) is 0 Å². The molecule has 0 aliphatic carbocycles. The van der Waals surface area contributed by atoms with Crippen molar-refractivity contribution in [3.63, 3.8) is 0 Å². The molecule has 0 radical (unpaired) electrons. The summed E-state index contributed by atoms with van der Waals surface area (Å²) in [7, 11) is 0. The molecule has 138 valence electrons. The van der Waals surface area contributed by atoms with Crippen molar-refractivity contribution in [2.45, 2.75) is 26.3 Å². The van der Waals surface area contributed by atoms with Gasteiger partial charge in [-0.25, -0.2) is 14.8 Å². The van der Waals surface area contributed by atoms with Crippen molar-refractivity contribution < 1.29 is 13.9 Å². The monoisotopic (exact) mass is 381 g/mol. The van der Waals surface area contributed by atoms with Gasteiger partial charge in [-0.3, -0.25) is 0 Å². The highest BCUT2D eigenvalue weighted by Gasteiger charge is 2.33. The first-order valence-electron chi connectivity index (χ1n) is 8.75. The van der Waals surface area contributed by atoms with E-state index in [1.54, 1.807) is 18.6 Å². The number of hydrazone groups is 1. The third-order valence-electron chi connectivity index (χ3n) is 4.35. The van der Waals surface area contributed by atoms with Crippen LogP contribution < -0.4 is 5.01 Å². The van der Waals surface area contributed by atoms with Crippen molar-refractivity contribution in [3.05, 3.63) is 70.6 Å². The summed E-state index contributed by atoms with van der Waals surface area (Å²) < 4.78 is 10.6. The van der Waals surface area contributed by atoms with Gasteiger partial charge in [0.15, 0.2) is 5.69 Å². The Bertz CT molecular complexity index is 961. The largest absolute Gasteiger partial charge is 0.463 e. The van der Waals surface area contributed by atoms with Crippen LogP contribution in [0.25, 0.3) is 0 Å². The molecule has 2 aromatic heterocycles. The van der Waals surface area contributed by atoms with Crippen LogP contribution in [0.3, 0.4) is 0 Å². The standard InChI is InChI=1S/C20H19N3O3S/c1-3-25-19(24)16-12-27-20(21-16)23-17(14-8-6-13(2)7-9-14)11-15(22-23)18-5-4-10-26-18/h4-10,12,17H,3,11H2,1-2H3. The highest BCUT2D eigenvalue weighted by Crippen LogP contribution is 2.38. The van der Waals surface area contributed by atoms with E-state index in [0.717, 1.165) is 17.0 Å². The minimum absolute atomic E-state index is 0.00750. The van der Waals surface area contributed by atoms with E-state index in [4.69, 9.17) is 14.3 Å².